The Hall–Kier alpha value is -1.88. The van der Waals surface area contributed by atoms with Crippen molar-refractivity contribution in [3.63, 3.8) is 0 Å². The van der Waals surface area contributed by atoms with Gasteiger partial charge in [-0.25, -0.2) is 0 Å². The molecule has 118 valence electrons. The maximum absolute atomic E-state index is 12.8. The van der Waals surface area contributed by atoms with Gasteiger partial charge in [-0.2, -0.15) is 0 Å². The van der Waals surface area contributed by atoms with Crippen LogP contribution in [-0.4, -0.2) is 35.6 Å². The third-order valence-electron chi connectivity index (χ3n) is 4.40. The second-order valence-corrected chi connectivity index (χ2v) is 6.37. The van der Waals surface area contributed by atoms with E-state index in [-0.39, 0.29) is 17.7 Å². The molecule has 2 aliphatic rings. The van der Waals surface area contributed by atoms with E-state index < -0.39 is 12.1 Å². The molecule has 3 rings (SSSR count). The van der Waals surface area contributed by atoms with Gasteiger partial charge >= 0.3 is 0 Å². The topological polar surface area (TPSA) is 69.6 Å². The van der Waals surface area contributed by atoms with Crippen LogP contribution in [0.2, 0.25) is 0 Å². The Morgan fingerprint density at radius 3 is 2.73 bits per heavy atom. The number of carbonyl (C=O) groups is 2. The fourth-order valence-electron chi connectivity index (χ4n) is 2.89. The van der Waals surface area contributed by atoms with Gasteiger partial charge in [-0.15, -0.1) is 0 Å². The molecule has 0 saturated heterocycles. The Labute approximate surface area is 130 Å². The number of nitrogens with one attached hydrogen (secondary N) is 1. The minimum Gasteiger partial charge on any atom is -0.391 e. The summed E-state index contributed by atoms with van der Waals surface area (Å²) in [5.41, 5.74) is 3.13. The molecule has 5 heteroatoms. The zero-order valence-electron chi connectivity index (χ0n) is 13.0. The van der Waals surface area contributed by atoms with Gasteiger partial charge in [-0.1, -0.05) is 12.1 Å². The Kier molecular flexibility index (Phi) is 3.91. The molecule has 0 spiro atoms. The van der Waals surface area contributed by atoms with Crippen LogP contribution in [0.25, 0.3) is 0 Å². The van der Waals surface area contributed by atoms with Crippen LogP contribution in [0.4, 0.5) is 5.69 Å². The van der Waals surface area contributed by atoms with E-state index in [0.717, 1.165) is 36.1 Å². The number of fused-ring (bicyclic) bond motifs is 1. The Morgan fingerprint density at radius 2 is 2.09 bits per heavy atom. The molecule has 5 nitrogen and oxygen atoms in total. The summed E-state index contributed by atoms with van der Waals surface area (Å²) in [6.07, 6.45) is 1.64. The van der Waals surface area contributed by atoms with Gasteiger partial charge in [0.05, 0.1) is 6.10 Å². The number of nitrogens with zero attached hydrogens (tertiary/aromatic N) is 1. The molecule has 0 bridgehead atoms. The first-order valence-corrected chi connectivity index (χ1v) is 7.86. The Bertz CT molecular complexity index is 608. The highest BCUT2D eigenvalue weighted by Crippen LogP contribution is 2.31. The van der Waals surface area contributed by atoms with E-state index in [1.165, 1.54) is 0 Å². The molecule has 1 fully saturated rings. The van der Waals surface area contributed by atoms with Crippen LogP contribution in [0.15, 0.2) is 18.2 Å². The molecule has 2 atom stereocenters. The van der Waals surface area contributed by atoms with Crippen molar-refractivity contribution < 1.29 is 14.7 Å². The molecule has 0 aromatic heterocycles. The van der Waals surface area contributed by atoms with Crippen LogP contribution in [0.5, 0.6) is 0 Å². The SMILES string of the molecule is Cc1ccc2c(c1)N(C(=O)[C@H](NC(=O)C1CC1)[C@@H](C)O)CC2. The molecule has 22 heavy (non-hydrogen) atoms. The highest BCUT2D eigenvalue weighted by Gasteiger charge is 2.37. The van der Waals surface area contributed by atoms with Crippen LogP contribution in [-0.2, 0) is 16.0 Å². The first-order chi connectivity index (χ1) is 10.5. The average molecular weight is 302 g/mol. The lowest BCUT2D eigenvalue weighted by molar-refractivity contribution is -0.130. The highest BCUT2D eigenvalue weighted by atomic mass is 16.3. The number of benzene rings is 1. The number of hydrogen-bond acceptors (Lipinski definition) is 3. The maximum atomic E-state index is 12.8. The van der Waals surface area contributed by atoms with E-state index in [4.69, 9.17) is 0 Å². The number of aliphatic hydroxyl groups excluding tert-OH is 1. The molecule has 0 unspecified atom stereocenters. The molecule has 2 N–H and O–H groups in total. The van der Waals surface area contributed by atoms with Crippen molar-refractivity contribution in [1.29, 1.82) is 0 Å². The second-order valence-electron chi connectivity index (χ2n) is 6.37. The summed E-state index contributed by atoms with van der Waals surface area (Å²) in [5.74, 6) is -0.335. The van der Waals surface area contributed by atoms with Crippen molar-refractivity contribution in [1.82, 2.24) is 5.32 Å². The Morgan fingerprint density at radius 1 is 1.36 bits per heavy atom. The van der Waals surface area contributed by atoms with Gasteiger partial charge in [-0.3, -0.25) is 9.59 Å². The van der Waals surface area contributed by atoms with Crippen LogP contribution in [0, 0.1) is 12.8 Å². The van der Waals surface area contributed by atoms with Gasteiger partial charge in [0.2, 0.25) is 5.91 Å². The quantitative estimate of drug-likeness (QED) is 0.877. The van der Waals surface area contributed by atoms with Crippen molar-refractivity contribution in [2.24, 2.45) is 5.92 Å². The van der Waals surface area contributed by atoms with Crippen molar-refractivity contribution in [3.05, 3.63) is 29.3 Å². The fraction of sp³-hybridized carbons (Fsp3) is 0.529. The lowest BCUT2D eigenvalue weighted by Gasteiger charge is -2.26. The molecule has 1 aromatic rings. The predicted molar refractivity (Wildman–Crippen MR) is 83.6 cm³/mol. The number of rotatable bonds is 4. The van der Waals surface area contributed by atoms with Crippen molar-refractivity contribution in [3.8, 4) is 0 Å². The smallest absolute Gasteiger partial charge is 0.252 e. The van der Waals surface area contributed by atoms with E-state index in [2.05, 4.69) is 5.32 Å². The summed E-state index contributed by atoms with van der Waals surface area (Å²) in [7, 11) is 0. The van der Waals surface area contributed by atoms with Crippen LogP contribution < -0.4 is 10.2 Å². The maximum Gasteiger partial charge on any atom is 0.252 e. The third-order valence-corrected chi connectivity index (χ3v) is 4.40. The van der Waals surface area contributed by atoms with E-state index in [0.29, 0.717) is 6.54 Å². The molecule has 1 aliphatic heterocycles. The molecule has 2 amide bonds. The fourth-order valence-corrected chi connectivity index (χ4v) is 2.89. The molecule has 1 heterocycles. The number of aryl methyl sites for hydroxylation is 1. The molecule has 1 aromatic carbocycles. The monoisotopic (exact) mass is 302 g/mol. The number of hydrogen-bond donors (Lipinski definition) is 2. The van der Waals surface area contributed by atoms with Gasteiger partial charge < -0.3 is 15.3 Å². The summed E-state index contributed by atoms with van der Waals surface area (Å²) < 4.78 is 0. The average Bonchev–Trinajstić information content (AvgIpc) is 3.24. The lowest BCUT2D eigenvalue weighted by Crippen LogP contribution is -2.54. The summed E-state index contributed by atoms with van der Waals surface area (Å²) in [5, 5.41) is 12.7. The number of aliphatic hydroxyl groups is 1. The van der Waals surface area contributed by atoms with Crippen molar-refractivity contribution in [2.75, 3.05) is 11.4 Å². The van der Waals surface area contributed by atoms with E-state index in [9.17, 15) is 14.7 Å². The predicted octanol–water partition coefficient (Wildman–Crippen LogP) is 1.16. The van der Waals surface area contributed by atoms with Gasteiger partial charge in [-0.05, 0) is 50.3 Å². The molecule has 1 saturated carbocycles. The molecule has 0 radical (unpaired) electrons. The van der Waals surface area contributed by atoms with E-state index in [1.54, 1.807) is 11.8 Å². The third kappa shape index (κ3) is 2.86. The zero-order chi connectivity index (χ0) is 15.9. The molecular weight excluding hydrogens is 280 g/mol. The zero-order valence-corrected chi connectivity index (χ0v) is 13.0. The number of anilines is 1. The first kappa shape index (κ1) is 15.0. The number of amides is 2. The first-order valence-electron chi connectivity index (χ1n) is 7.86. The number of carbonyl (C=O) groups excluding carboxylic acids is 2. The molecule has 1 aliphatic carbocycles. The van der Waals surface area contributed by atoms with Crippen molar-refractivity contribution >= 4 is 17.5 Å². The minimum atomic E-state index is -0.913. The summed E-state index contributed by atoms with van der Waals surface area (Å²) in [6, 6.07) is 5.19. The normalized spacial score (nSPS) is 19.5. The lowest BCUT2D eigenvalue weighted by atomic mass is 10.1. The van der Waals surface area contributed by atoms with E-state index in [1.807, 2.05) is 25.1 Å². The van der Waals surface area contributed by atoms with Gasteiger partial charge in [0.25, 0.3) is 5.91 Å². The standard InChI is InChI=1S/C17H22N2O3/c1-10-3-4-12-7-8-19(14(12)9-10)17(22)15(11(2)20)18-16(21)13-5-6-13/h3-4,9,11,13,15,20H,5-8H2,1-2H3,(H,18,21)/t11-,15-/m1/s1. The second kappa shape index (κ2) is 5.72. The van der Waals surface area contributed by atoms with E-state index >= 15 is 0 Å². The highest BCUT2D eigenvalue weighted by molar-refractivity contribution is 6.01. The van der Waals surface area contributed by atoms with Crippen LogP contribution in [0.3, 0.4) is 0 Å². The minimum absolute atomic E-state index is 0.0159. The van der Waals surface area contributed by atoms with Gasteiger partial charge in [0, 0.05) is 18.2 Å². The summed E-state index contributed by atoms with van der Waals surface area (Å²) in [4.78, 5) is 26.4. The summed E-state index contributed by atoms with van der Waals surface area (Å²) in [6.45, 7) is 4.13. The van der Waals surface area contributed by atoms with Gasteiger partial charge in [0.15, 0.2) is 0 Å². The summed E-state index contributed by atoms with van der Waals surface area (Å²) >= 11 is 0. The van der Waals surface area contributed by atoms with Crippen molar-refractivity contribution in [2.45, 2.75) is 45.3 Å². The Balaban J connectivity index is 1.79. The van der Waals surface area contributed by atoms with Crippen LogP contribution >= 0.6 is 0 Å². The molecular formula is C17H22N2O3. The van der Waals surface area contributed by atoms with Gasteiger partial charge in [0.1, 0.15) is 6.04 Å². The van der Waals surface area contributed by atoms with Crippen LogP contribution in [0.1, 0.15) is 30.9 Å². The largest absolute Gasteiger partial charge is 0.391 e.